The lowest BCUT2D eigenvalue weighted by molar-refractivity contribution is -0.156. The van der Waals surface area contributed by atoms with Crippen LogP contribution in [0.1, 0.15) is 45.7 Å². The molecule has 2 heterocycles. The van der Waals surface area contributed by atoms with Crippen molar-refractivity contribution in [1.29, 1.82) is 0 Å². The van der Waals surface area contributed by atoms with E-state index in [1.54, 1.807) is 38.1 Å². The topological polar surface area (TPSA) is 167 Å². The highest BCUT2D eigenvalue weighted by Gasteiger charge is 2.45. The van der Waals surface area contributed by atoms with Gasteiger partial charge >= 0.3 is 17.9 Å². The smallest absolute Gasteiger partial charge is 0.310 e. The van der Waals surface area contributed by atoms with Crippen molar-refractivity contribution in [2.45, 2.75) is 45.7 Å². The van der Waals surface area contributed by atoms with Crippen molar-refractivity contribution in [3.05, 3.63) is 79.1 Å². The number of hydrogen-bond acceptors (Lipinski definition) is 10. The molecular formula is C32H34Cl4N2O10. The summed E-state index contributed by atoms with van der Waals surface area (Å²) in [6.07, 6.45) is 0. The number of carbonyl (C=O) groups is 5. The zero-order valence-electron chi connectivity index (χ0n) is 27.0. The predicted octanol–water partition coefficient (Wildman–Crippen LogP) is 5.70. The van der Waals surface area contributed by atoms with E-state index in [0.717, 1.165) is 0 Å². The van der Waals surface area contributed by atoms with Crippen LogP contribution in [0.5, 0.6) is 0 Å². The van der Waals surface area contributed by atoms with Crippen molar-refractivity contribution in [2.24, 2.45) is 0 Å². The second kappa shape index (κ2) is 17.1. The first-order valence-electron chi connectivity index (χ1n) is 13.9. The van der Waals surface area contributed by atoms with Crippen LogP contribution in [0.15, 0.2) is 47.9 Å². The lowest BCUT2D eigenvalue weighted by Crippen LogP contribution is -2.46. The number of esters is 3. The summed E-state index contributed by atoms with van der Waals surface area (Å²) in [5.41, 5.74) is -0.641. The lowest BCUT2D eigenvalue weighted by Gasteiger charge is -2.25. The summed E-state index contributed by atoms with van der Waals surface area (Å²) in [7, 11) is 2.99. The van der Waals surface area contributed by atoms with E-state index in [0.29, 0.717) is 31.2 Å². The number of hydrogen-bond donors (Lipinski definition) is 3. The largest absolute Gasteiger partial charge is 0.509 e. The third kappa shape index (κ3) is 10.2. The van der Waals surface area contributed by atoms with Crippen molar-refractivity contribution in [1.82, 2.24) is 10.6 Å². The molecule has 0 saturated heterocycles. The Morgan fingerprint density at radius 2 is 1.12 bits per heavy atom. The standard InChI is InChI=1S/C15H15Cl2NO4.C13H13Cl2NO3.C4H6O3/c1-8(19)22-13-12(10-5-4-9(16)6-11(10)17)14(20)18-15(13,2)7-21-3;1-13(6-19-2)11(17)10(12(18)16-13)8-4-3-7(14)5-9(8)15;1-3(5)7-4(2)6/h4-6H,7H2,1-3H3,(H,18,20);3-5,17H,6H2,1-2H3,(H,16,18);1-2H3. The fourth-order valence-electron chi connectivity index (χ4n) is 4.68. The van der Waals surface area contributed by atoms with Crippen LogP contribution in [0.3, 0.4) is 0 Å². The fourth-order valence-corrected chi connectivity index (χ4v) is 5.68. The molecule has 2 aromatic rings. The van der Waals surface area contributed by atoms with Crippen molar-refractivity contribution < 1.29 is 48.0 Å². The molecule has 260 valence electrons. The molecule has 2 aliphatic rings. The Bertz CT molecular complexity index is 1660. The molecule has 48 heavy (non-hydrogen) atoms. The Morgan fingerprint density at radius 1 is 0.708 bits per heavy atom. The average molecular weight is 748 g/mol. The number of halogens is 4. The number of benzene rings is 2. The van der Waals surface area contributed by atoms with Crippen LogP contribution in [0, 0.1) is 0 Å². The van der Waals surface area contributed by atoms with Gasteiger partial charge in [-0.15, -0.1) is 0 Å². The molecule has 0 radical (unpaired) electrons. The molecule has 4 rings (SSSR count). The fraction of sp³-hybridized carbons (Fsp3) is 0.344. The Hall–Kier alpha value is -3.65. The van der Waals surface area contributed by atoms with Gasteiger partial charge in [0.15, 0.2) is 0 Å². The van der Waals surface area contributed by atoms with E-state index < -0.39 is 29.0 Å². The Kier molecular flexibility index (Phi) is 14.5. The molecule has 0 aliphatic carbocycles. The van der Waals surface area contributed by atoms with Crippen LogP contribution in [-0.4, -0.2) is 73.3 Å². The molecule has 16 heteroatoms. The maximum absolute atomic E-state index is 12.4. The summed E-state index contributed by atoms with van der Waals surface area (Å²) in [4.78, 5) is 55.5. The second-order valence-corrected chi connectivity index (χ2v) is 12.5. The highest BCUT2D eigenvalue weighted by atomic mass is 35.5. The van der Waals surface area contributed by atoms with E-state index in [-0.39, 0.29) is 47.7 Å². The summed E-state index contributed by atoms with van der Waals surface area (Å²) in [5.74, 6) is -2.32. The molecule has 2 atom stereocenters. The molecule has 0 saturated carbocycles. The first-order valence-corrected chi connectivity index (χ1v) is 15.4. The molecule has 0 bridgehead atoms. The number of nitrogens with one attached hydrogen (secondary N) is 2. The van der Waals surface area contributed by atoms with E-state index in [9.17, 15) is 29.1 Å². The number of aliphatic hydroxyl groups excluding tert-OH is 1. The van der Waals surface area contributed by atoms with Crippen molar-refractivity contribution in [2.75, 3.05) is 27.4 Å². The summed E-state index contributed by atoms with van der Waals surface area (Å²) in [6.45, 7) is 7.34. The first kappa shape index (κ1) is 40.5. The van der Waals surface area contributed by atoms with Crippen molar-refractivity contribution in [3.8, 4) is 0 Å². The van der Waals surface area contributed by atoms with E-state index in [2.05, 4.69) is 15.4 Å². The first-order chi connectivity index (χ1) is 22.3. The van der Waals surface area contributed by atoms with Crippen molar-refractivity contribution in [3.63, 3.8) is 0 Å². The summed E-state index contributed by atoms with van der Waals surface area (Å²) in [5, 5.41) is 17.3. The molecular weight excluding hydrogens is 714 g/mol. The molecule has 0 spiro atoms. The highest BCUT2D eigenvalue weighted by molar-refractivity contribution is 6.38. The number of methoxy groups -OCH3 is 2. The van der Waals surface area contributed by atoms with Crippen LogP contribution in [-0.2, 0) is 42.9 Å². The summed E-state index contributed by atoms with van der Waals surface area (Å²) < 4.78 is 19.4. The molecule has 2 unspecified atom stereocenters. The van der Waals surface area contributed by atoms with Gasteiger partial charge in [0, 0.05) is 56.2 Å². The van der Waals surface area contributed by atoms with E-state index in [1.807, 2.05) is 0 Å². The van der Waals surface area contributed by atoms with Crippen LogP contribution in [0.4, 0.5) is 0 Å². The van der Waals surface area contributed by atoms with Gasteiger partial charge in [-0.2, -0.15) is 0 Å². The number of carbonyl (C=O) groups excluding carboxylic acids is 5. The molecule has 2 aromatic carbocycles. The Morgan fingerprint density at radius 3 is 1.52 bits per heavy atom. The monoisotopic (exact) mass is 746 g/mol. The summed E-state index contributed by atoms with van der Waals surface area (Å²) in [6, 6.07) is 9.49. The van der Waals surface area contributed by atoms with E-state index in [1.165, 1.54) is 47.1 Å². The molecule has 0 aromatic heterocycles. The molecule has 0 fully saturated rings. The number of aliphatic hydroxyl groups is 1. The van der Waals surface area contributed by atoms with Crippen LogP contribution >= 0.6 is 46.4 Å². The molecule has 3 N–H and O–H groups in total. The lowest BCUT2D eigenvalue weighted by atomic mass is 9.98. The van der Waals surface area contributed by atoms with Gasteiger partial charge in [-0.25, -0.2) is 0 Å². The van der Waals surface area contributed by atoms with Crippen LogP contribution < -0.4 is 10.6 Å². The maximum Gasteiger partial charge on any atom is 0.310 e. The van der Waals surface area contributed by atoms with Gasteiger partial charge in [-0.05, 0) is 38.1 Å². The number of rotatable bonds is 7. The van der Waals surface area contributed by atoms with Gasteiger partial charge in [-0.3, -0.25) is 24.0 Å². The van der Waals surface area contributed by atoms with Crippen molar-refractivity contribution >= 4 is 87.3 Å². The quantitative estimate of drug-likeness (QED) is 0.236. The third-order valence-corrected chi connectivity index (χ3v) is 7.62. The second-order valence-electron chi connectivity index (χ2n) is 10.8. The van der Waals surface area contributed by atoms with Gasteiger partial charge < -0.3 is 34.7 Å². The SMILES string of the molecule is CC(=O)OC(C)=O.COCC1(C)NC(=O)C(c2ccc(Cl)cc2Cl)=C1O.COCC1(C)NC(=O)C(c2ccc(Cl)cc2Cl)=C1OC(C)=O. The average Bonchev–Trinajstić information content (AvgIpc) is 3.31. The van der Waals surface area contributed by atoms with Gasteiger partial charge in [0.05, 0.1) is 34.4 Å². The zero-order chi connectivity index (χ0) is 36.6. The van der Waals surface area contributed by atoms with Gasteiger partial charge in [-0.1, -0.05) is 58.5 Å². The minimum absolute atomic E-state index is 0.0800. The normalized spacial score (nSPS) is 19.8. The summed E-state index contributed by atoms with van der Waals surface area (Å²) >= 11 is 23.9. The van der Waals surface area contributed by atoms with Gasteiger partial charge in [0.1, 0.15) is 22.6 Å². The van der Waals surface area contributed by atoms with E-state index in [4.69, 9.17) is 60.6 Å². The van der Waals surface area contributed by atoms with Gasteiger partial charge in [0.2, 0.25) is 0 Å². The molecule has 2 amide bonds. The molecule has 12 nitrogen and oxygen atoms in total. The molecule has 2 aliphatic heterocycles. The maximum atomic E-state index is 12.4. The minimum Gasteiger partial charge on any atom is -0.509 e. The number of amides is 2. The zero-order valence-corrected chi connectivity index (χ0v) is 30.0. The minimum atomic E-state index is -0.949. The third-order valence-electron chi connectivity index (χ3n) is 6.52. The van der Waals surface area contributed by atoms with Crippen LogP contribution in [0.2, 0.25) is 20.1 Å². The predicted molar refractivity (Wildman–Crippen MR) is 180 cm³/mol. The van der Waals surface area contributed by atoms with E-state index >= 15 is 0 Å². The highest BCUT2D eigenvalue weighted by Crippen LogP contribution is 2.38. The van der Waals surface area contributed by atoms with Gasteiger partial charge in [0.25, 0.3) is 11.8 Å². The number of ether oxygens (including phenoxy) is 4. The Balaban J connectivity index is 0.000000281. The Labute approximate surface area is 297 Å². The van der Waals surface area contributed by atoms with Crippen LogP contribution in [0.25, 0.3) is 11.1 Å².